The zero-order valence-corrected chi connectivity index (χ0v) is 19.0. The van der Waals surface area contributed by atoms with Crippen LogP contribution in [0.3, 0.4) is 0 Å². The van der Waals surface area contributed by atoms with Gasteiger partial charge in [-0.2, -0.15) is 11.8 Å². The van der Waals surface area contributed by atoms with Crippen LogP contribution in [-0.2, 0) is 6.54 Å². The number of fused-ring (bicyclic) bond motifs is 1. The molecule has 3 heterocycles. The number of anilines is 1. The van der Waals surface area contributed by atoms with E-state index in [-0.39, 0.29) is 5.91 Å². The summed E-state index contributed by atoms with van der Waals surface area (Å²) in [7, 11) is 0. The summed E-state index contributed by atoms with van der Waals surface area (Å²) in [5, 5.41) is 1.10. The minimum Gasteiger partial charge on any atom is -0.368 e. The van der Waals surface area contributed by atoms with Crippen molar-refractivity contribution >= 4 is 34.3 Å². The van der Waals surface area contributed by atoms with Gasteiger partial charge in [-0.3, -0.25) is 9.69 Å². The number of nitrogens with one attached hydrogen (secondary N) is 1. The molecule has 2 saturated heterocycles. The number of hydrogen-bond acceptors (Lipinski definition) is 4. The Morgan fingerprint density at radius 2 is 1.74 bits per heavy atom. The minimum atomic E-state index is 0.157. The van der Waals surface area contributed by atoms with E-state index in [1.54, 1.807) is 0 Å². The Balaban J connectivity index is 1.34. The summed E-state index contributed by atoms with van der Waals surface area (Å²) in [6.07, 6.45) is 2.10. The first kappa shape index (κ1) is 20.5. The van der Waals surface area contributed by atoms with E-state index >= 15 is 0 Å². The summed E-state index contributed by atoms with van der Waals surface area (Å²) in [6, 6.07) is 14.6. The fraction of sp³-hybridized carbons (Fsp3) is 0.400. The van der Waals surface area contributed by atoms with Crippen molar-refractivity contribution in [1.82, 2.24) is 14.8 Å². The number of aromatic amines is 1. The van der Waals surface area contributed by atoms with Crippen LogP contribution in [-0.4, -0.2) is 71.5 Å². The molecule has 5 nitrogen and oxygen atoms in total. The Morgan fingerprint density at radius 1 is 0.968 bits per heavy atom. The van der Waals surface area contributed by atoms with Crippen molar-refractivity contribution in [3.05, 3.63) is 65.4 Å². The molecule has 2 aliphatic rings. The molecule has 1 N–H and O–H groups in total. The molecule has 3 aromatic rings. The van der Waals surface area contributed by atoms with Crippen molar-refractivity contribution in [2.75, 3.05) is 55.7 Å². The van der Waals surface area contributed by atoms with E-state index in [0.29, 0.717) is 0 Å². The predicted octanol–water partition coefficient (Wildman–Crippen LogP) is 3.99. The largest absolute Gasteiger partial charge is 0.368 e. The third-order valence-electron chi connectivity index (χ3n) is 6.54. The fourth-order valence-electron chi connectivity index (χ4n) is 4.80. The molecule has 0 aliphatic carbocycles. The first-order valence-corrected chi connectivity index (χ1v) is 12.3. The number of hydrogen-bond donors (Lipinski definition) is 1. The molecule has 0 bridgehead atoms. The molecule has 2 fully saturated rings. The van der Waals surface area contributed by atoms with Gasteiger partial charge in [-0.1, -0.05) is 24.3 Å². The molecule has 0 unspecified atom stereocenters. The highest BCUT2D eigenvalue weighted by Crippen LogP contribution is 2.27. The van der Waals surface area contributed by atoms with Gasteiger partial charge in [0.2, 0.25) is 0 Å². The minimum absolute atomic E-state index is 0.157. The highest BCUT2D eigenvalue weighted by atomic mass is 32.2. The molecule has 0 atom stereocenters. The summed E-state index contributed by atoms with van der Waals surface area (Å²) in [5.41, 5.74) is 5.71. The average molecular weight is 435 g/mol. The zero-order valence-electron chi connectivity index (χ0n) is 18.1. The smallest absolute Gasteiger partial charge is 0.254 e. The molecule has 162 valence electrons. The van der Waals surface area contributed by atoms with Crippen LogP contribution in [0.4, 0.5) is 5.69 Å². The molecule has 0 radical (unpaired) electrons. The summed E-state index contributed by atoms with van der Waals surface area (Å²) in [6.45, 7) is 8.56. The maximum atomic E-state index is 13.5. The van der Waals surface area contributed by atoms with E-state index < -0.39 is 0 Å². The van der Waals surface area contributed by atoms with Crippen molar-refractivity contribution in [3.63, 3.8) is 0 Å². The van der Waals surface area contributed by atoms with E-state index in [1.165, 1.54) is 28.3 Å². The summed E-state index contributed by atoms with van der Waals surface area (Å²) < 4.78 is 0. The third kappa shape index (κ3) is 4.19. The van der Waals surface area contributed by atoms with Crippen LogP contribution < -0.4 is 4.90 Å². The lowest BCUT2D eigenvalue weighted by Crippen LogP contribution is -2.49. The SMILES string of the molecule is Cc1ccccc1N1CCN(C(=O)c2cccc3[nH]cc(CN4CCSCC4)c23)CC1. The Morgan fingerprint density at radius 3 is 2.52 bits per heavy atom. The van der Waals surface area contributed by atoms with Crippen LogP contribution >= 0.6 is 11.8 Å². The molecule has 1 amide bonds. The number of H-pyrrole nitrogens is 1. The van der Waals surface area contributed by atoms with E-state index in [4.69, 9.17) is 0 Å². The molecule has 2 aromatic carbocycles. The monoisotopic (exact) mass is 434 g/mol. The Bertz CT molecular complexity index is 1060. The average Bonchev–Trinajstić information content (AvgIpc) is 3.23. The highest BCUT2D eigenvalue weighted by Gasteiger charge is 2.25. The molecule has 5 rings (SSSR count). The number of benzene rings is 2. The number of carbonyl (C=O) groups excluding carboxylic acids is 1. The van der Waals surface area contributed by atoms with Crippen LogP contribution in [0.15, 0.2) is 48.7 Å². The zero-order chi connectivity index (χ0) is 21.2. The number of aryl methyl sites for hydroxylation is 1. The fourth-order valence-corrected chi connectivity index (χ4v) is 5.78. The van der Waals surface area contributed by atoms with Crippen molar-refractivity contribution in [2.45, 2.75) is 13.5 Å². The maximum absolute atomic E-state index is 13.5. The van der Waals surface area contributed by atoms with Crippen molar-refractivity contribution < 1.29 is 4.79 Å². The number of aromatic nitrogens is 1. The van der Waals surface area contributed by atoms with Gasteiger partial charge in [0.15, 0.2) is 0 Å². The summed E-state index contributed by atoms with van der Waals surface area (Å²) in [5.74, 6) is 2.55. The Kier molecular flexibility index (Phi) is 5.92. The van der Waals surface area contributed by atoms with Crippen LogP contribution in [0.5, 0.6) is 0 Å². The second kappa shape index (κ2) is 8.97. The quantitative estimate of drug-likeness (QED) is 0.674. The molecule has 6 heteroatoms. The number of carbonyl (C=O) groups is 1. The first-order chi connectivity index (χ1) is 15.2. The molecule has 2 aliphatic heterocycles. The van der Waals surface area contributed by atoms with Gasteiger partial charge < -0.3 is 14.8 Å². The van der Waals surface area contributed by atoms with Gasteiger partial charge in [-0.15, -0.1) is 0 Å². The maximum Gasteiger partial charge on any atom is 0.254 e. The lowest BCUT2D eigenvalue weighted by atomic mass is 10.0. The summed E-state index contributed by atoms with van der Waals surface area (Å²) >= 11 is 2.03. The number of amides is 1. The number of para-hydroxylation sites is 1. The lowest BCUT2D eigenvalue weighted by molar-refractivity contribution is 0.0748. The number of rotatable bonds is 4. The molecule has 0 saturated carbocycles. The van der Waals surface area contributed by atoms with Crippen LogP contribution in [0.25, 0.3) is 10.9 Å². The second-order valence-corrected chi connectivity index (χ2v) is 9.72. The van der Waals surface area contributed by atoms with Crippen LogP contribution in [0, 0.1) is 6.92 Å². The van der Waals surface area contributed by atoms with Gasteiger partial charge in [0.1, 0.15) is 0 Å². The molecular weight excluding hydrogens is 404 g/mol. The Labute approximate surface area is 188 Å². The van der Waals surface area contributed by atoms with E-state index in [9.17, 15) is 4.79 Å². The van der Waals surface area contributed by atoms with Gasteiger partial charge in [0, 0.05) is 85.7 Å². The molecular formula is C25H30N4OS. The van der Waals surface area contributed by atoms with Gasteiger partial charge >= 0.3 is 0 Å². The number of nitrogens with zero attached hydrogens (tertiary/aromatic N) is 3. The topological polar surface area (TPSA) is 42.6 Å². The molecule has 0 spiro atoms. The van der Waals surface area contributed by atoms with Crippen molar-refractivity contribution in [3.8, 4) is 0 Å². The van der Waals surface area contributed by atoms with Gasteiger partial charge in [0.05, 0.1) is 0 Å². The third-order valence-corrected chi connectivity index (χ3v) is 7.48. The standard InChI is InChI=1S/C25H30N4OS/c1-19-5-2-3-8-23(19)28-9-11-29(12-10-28)25(30)21-6-4-7-22-24(21)20(17-26-22)18-27-13-15-31-16-14-27/h2-8,17,26H,9-16,18H2,1H3. The molecule has 31 heavy (non-hydrogen) atoms. The molecule has 1 aromatic heterocycles. The van der Waals surface area contributed by atoms with Crippen molar-refractivity contribution in [2.24, 2.45) is 0 Å². The van der Waals surface area contributed by atoms with E-state index in [1.807, 2.05) is 28.8 Å². The predicted molar refractivity (Wildman–Crippen MR) is 130 cm³/mol. The van der Waals surface area contributed by atoms with Gasteiger partial charge in [0.25, 0.3) is 5.91 Å². The number of thioether (sulfide) groups is 1. The highest BCUT2D eigenvalue weighted by molar-refractivity contribution is 7.99. The van der Waals surface area contributed by atoms with Crippen LogP contribution in [0.2, 0.25) is 0 Å². The van der Waals surface area contributed by atoms with E-state index in [0.717, 1.165) is 62.3 Å². The summed E-state index contributed by atoms with van der Waals surface area (Å²) in [4.78, 5) is 23.9. The first-order valence-electron chi connectivity index (χ1n) is 11.2. The Hall–Kier alpha value is -2.44. The van der Waals surface area contributed by atoms with Crippen molar-refractivity contribution in [1.29, 1.82) is 0 Å². The van der Waals surface area contributed by atoms with Gasteiger partial charge in [-0.25, -0.2) is 0 Å². The second-order valence-electron chi connectivity index (χ2n) is 8.50. The van der Waals surface area contributed by atoms with Gasteiger partial charge in [-0.05, 0) is 36.2 Å². The van der Waals surface area contributed by atoms with E-state index in [2.05, 4.69) is 58.2 Å². The number of piperazine rings is 1. The van der Waals surface area contributed by atoms with Crippen LogP contribution in [0.1, 0.15) is 21.5 Å². The lowest BCUT2D eigenvalue weighted by Gasteiger charge is -2.37. The normalized spacial score (nSPS) is 18.0.